The molecule has 10 heteroatoms. The number of hydrogen-bond acceptors (Lipinski definition) is 5. The average Bonchev–Trinajstić information content (AvgIpc) is 3.40. The Bertz CT molecular complexity index is 2040. The molecule has 0 bridgehead atoms. The van der Waals surface area contributed by atoms with Gasteiger partial charge >= 0.3 is 6.03 Å². The third-order valence-corrected chi connectivity index (χ3v) is 12.0. The third kappa shape index (κ3) is 8.27. The molecule has 8 nitrogen and oxygen atoms in total. The number of nitrogens with zero attached hydrogens (tertiary/aromatic N) is 4. The predicted octanol–water partition coefficient (Wildman–Crippen LogP) is 9.87. The predicted molar refractivity (Wildman–Crippen MR) is 222 cm³/mol. The average molecular weight is 783 g/mol. The molecule has 290 valence electrons. The van der Waals surface area contributed by atoms with Gasteiger partial charge in [0, 0.05) is 59.5 Å². The smallest absolute Gasteiger partial charge is 0.326 e. The Kier molecular flexibility index (Phi) is 12.0. The van der Waals surface area contributed by atoms with E-state index in [9.17, 15) is 4.79 Å². The summed E-state index contributed by atoms with van der Waals surface area (Å²) in [6, 6.07) is 25.4. The first-order valence-corrected chi connectivity index (χ1v) is 20.1. The van der Waals surface area contributed by atoms with Crippen LogP contribution in [0.15, 0.2) is 90.1 Å². The highest BCUT2D eigenvalue weighted by atomic mass is 35.5. The number of benzene rings is 3. The van der Waals surface area contributed by atoms with Crippen molar-refractivity contribution in [3.63, 3.8) is 0 Å². The number of carbonyl (C=O) groups excluding carboxylic acids is 2. The number of amides is 3. The number of aromatic nitrogens is 1. The van der Waals surface area contributed by atoms with Gasteiger partial charge in [0.2, 0.25) is 5.91 Å². The molecular formula is C45H53Cl2N5O3. The van der Waals surface area contributed by atoms with E-state index in [0.29, 0.717) is 59.9 Å². The lowest BCUT2D eigenvalue weighted by atomic mass is 9.71. The summed E-state index contributed by atoms with van der Waals surface area (Å²) in [5, 5.41) is 4.33. The monoisotopic (exact) mass is 781 g/mol. The summed E-state index contributed by atoms with van der Waals surface area (Å²) in [7, 11) is 0. The molecule has 2 aliphatic heterocycles. The number of urea groups is 1. The van der Waals surface area contributed by atoms with Crippen molar-refractivity contribution < 1.29 is 14.3 Å². The van der Waals surface area contributed by atoms with Crippen LogP contribution in [-0.2, 0) is 27.7 Å². The van der Waals surface area contributed by atoms with Crippen molar-refractivity contribution in [2.24, 2.45) is 10.9 Å². The molecule has 1 fully saturated rings. The van der Waals surface area contributed by atoms with Gasteiger partial charge in [-0.2, -0.15) is 0 Å². The van der Waals surface area contributed by atoms with Gasteiger partial charge in [0.05, 0.1) is 12.2 Å². The van der Waals surface area contributed by atoms with Gasteiger partial charge in [0.1, 0.15) is 22.7 Å². The Morgan fingerprint density at radius 2 is 1.55 bits per heavy atom. The second-order valence-electron chi connectivity index (χ2n) is 16.1. The molecule has 3 aromatic carbocycles. The van der Waals surface area contributed by atoms with E-state index in [2.05, 4.69) is 59.0 Å². The Labute approximate surface area is 336 Å². The Hall–Kier alpha value is -4.40. The number of pyridine rings is 1. The van der Waals surface area contributed by atoms with Gasteiger partial charge in [0.15, 0.2) is 0 Å². The highest BCUT2D eigenvalue weighted by molar-refractivity contribution is 6.30. The van der Waals surface area contributed by atoms with Gasteiger partial charge in [-0.05, 0) is 99.4 Å². The van der Waals surface area contributed by atoms with E-state index in [4.69, 9.17) is 37.9 Å². The number of nitrogens with one attached hydrogen (secondary N) is 1. The van der Waals surface area contributed by atoms with Gasteiger partial charge in [-0.15, -0.1) is 0 Å². The molecule has 0 spiro atoms. The van der Waals surface area contributed by atoms with Crippen molar-refractivity contribution in [3.8, 4) is 5.75 Å². The summed E-state index contributed by atoms with van der Waals surface area (Å²) in [5.41, 5.74) is 3.52. The first kappa shape index (κ1) is 40.3. The summed E-state index contributed by atoms with van der Waals surface area (Å²) < 4.78 is 6.30. The van der Waals surface area contributed by atoms with Gasteiger partial charge < -0.3 is 15.0 Å². The summed E-state index contributed by atoms with van der Waals surface area (Å²) in [5.74, 6) is 1.32. The molecule has 2 atom stereocenters. The number of aliphatic imine (C=N–C) groups is 1. The first-order valence-electron chi connectivity index (χ1n) is 19.3. The van der Waals surface area contributed by atoms with E-state index in [1.54, 1.807) is 6.20 Å². The Balaban J connectivity index is 1.34. The summed E-state index contributed by atoms with van der Waals surface area (Å²) in [4.78, 5) is 42.5. The van der Waals surface area contributed by atoms with Gasteiger partial charge in [-0.1, -0.05) is 92.5 Å². The van der Waals surface area contributed by atoms with E-state index in [1.807, 2.05) is 83.5 Å². The van der Waals surface area contributed by atoms with Gasteiger partial charge in [-0.3, -0.25) is 19.7 Å². The normalized spacial score (nSPS) is 20.3. The zero-order chi connectivity index (χ0) is 39.5. The molecule has 4 aromatic rings. The van der Waals surface area contributed by atoms with E-state index in [0.717, 1.165) is 36.1 Å². The molecule has 1 saturated heterocycles. The maximum Gasteiger partial charge on any atom is 0.326 e. The highest BCUT2D eigenvalue weighted by Gasteiger charge is 2.60. The van der Waals surface area contributed by atoms with Crippen molar-refractivity contribution in [1.82, 2.24) is 20.1 Å². The SMILES string of the molecule is CCOc1cc(C(C)(C)C)ncc1C1=N[C@@](C)(c2ccc(Cl)cc2)[C@@](C)(c2ccc(Cl)cc2)N1C(=O)N1CCC(CC(=O)NCCc2ccccc2C)CC1. The molecule has 0 radical (unpaired) electrons. The van der Waals surface area contributed by atoms with Crippen LogP contribution in [0, 0.1) is 12.8 Å². The van der Waals surface area contributed by atoms with Crippen molar-refractivity contribution in [3.05, 3.63) is 129 Å². The zero-order valence-electron chi connectivity index (χ0n) is 33.1. The lowest BCUT2D eigenvalue weighted by Gasteiger charge is -2.47. The van der Waals surface area contributed by atoms with Crippen LogP contribution in [0.5, 0.6) is 5.75 Å². The lowest BCUT2D eigenvalue weighted by molar-refractivity contribution is -0.122. The van der Waals surface area contributed by atoms with Crippen molar-refractivity contribution in [2.45, 2.75) is 90.6 Å². The molecule has 3 heterocycles. The molecule has 3 amide bonds. The molecule has 0 aliphatic carbocycles. The molecule has 0 saturated carbocycles. The number of likely N-dealkylation sites (tertiary alicyclic amines) is 1. The quantitative estimate of drug-likeness (QED) is 0.174. The van der Waals surface area contributed by atoms with Crippen molar-refractivity contribution >= 4 is 41.0 Å². The molecule has 6 rings (SSSR count). The summed E-state index contributed by atoms with van der Waals surface area (Å²) >= 11 is 12.9. The summed E-state index contributed by atoms with van der Waals surface area (Å²) in [6.07, 6.45) is 4.47. The number of piperidine rings is 1. The fourth-order valence-electron chi connectivity index (χ4n) is 7.89. The third-order valence-electron chi connectivity index (χ3n) is 11.5. The largest absolute Gasteiger partial charge is 0.493 e. The molecule has 2 aliphatic rings. The fraction of sp³-hybridized carbons (Fsp3) is 0.422. The van der Waals surface area contributed by atoms with Crippen LogP contribution in [0.25, 0.3) is 0 Å². The molecule has 55 heavy (non-hydrogen) atoms. The van der Waals surface area contributed by atoms with Crippen LogP contribution in [-0.4, -0.2) is 58.8 Å². The minimum Gasteiger partial charge on any atom is -0.493 e. The number of hydrogen-bond donors (Lipinski definition) is 1. The Morgan fingerprint density at radius 1 is 0.927 bits per heavy atom. The van der Waals surface area contributed by atoms with E-state index >= 15 is 4.79 Å². The first-order chi connectivity index (χ1) is 26.2. The lowest BCUT2D eigenvalue weighted by Crippen LogP contribution is -2.59. The molecule has 0 unspecified atom stereocenters. The maximum absolute atomic E-state index is 15.3. The second kappa shape index (κ2) is 16.4. The number of ether oxygens (including phenoxy) is 1. The maximum atomic E-state index is 15.3. The van der Waals surface area contributed by atoms with Crippen molar-refractivity contribution in [1.29, 1.82) is 0 Å². The summed E-state index contributed by atoms with van der Waals surface area (Å²) in [6.45, 7) is 16.6. The molecule has 1 N–H and O–H groups in total. The van der Waals surface area contributed by atoms with E-state index in [-0.39, 0.29) is 23.3 Å². The minimum atomic E-state index is -1.03. The van der Waals surface area contributed by atoms with Crippen LogP contribution in [0.4, 0.5) is 4.79 Å². The number of rotatable bonds is 10. The molecule has 1 aromatic heterocycles. The number of aryl methyl sites for hydroxylation is 1. The number of carbonyl (C=O) groups is 2. The van der Waals surface area contributed by atoms with Crippen LogP contribution >= 0.6 is 23.2 Å². The second-order valence-corrected chi connectivity index (χ2v) is 17.0. The zero-order valence-corrected chi connectivity index (χ0v) is 34.6. The van der Waals surface area contributed by atoms with Crippen LogP contribution < -0.4 is 10.1 Å². The van der Waals surface area contributed by atoms with Crippen LogP contribution in [0.3, 0.4) is 0 Å². The Morgan fingerprint density at radius 3 is 2.15 bits per heavy atom. The number of halogens is 2. The van der Waals surface area contributed by atoms with Gasteiger partial charge in [0.25, 0.3) is 0 Å². The van der Waals surface area contributed by atoms with Crippen LogP contribution in [0.2, 0.25) is 10.0 Å². The minimum absolute atomic E-state index is 0.0519. The standard InChI is InChI=1S/C45H53Cl2N5O3/c1-8-55-38-28-39(43(3,4)5)49-29-37(38)41-50-44(6,33-13-17-35(46)18-14-33)45(7,34-15-19-36(47)20-16-34)52(41)42(54)51-25-22-31(23-26-51)27-40(53)48-24-21-32-12-10-9-11-30(32)2/h9-20,28-29,31H,8,21-27H2,1-7H3,(H,48,53)/t44-,45+/m0/s1. The van der Waals surface area contributed by atoms with Crippen molar-refractivity contribution in [2.75, 3.05) is 26.2 Å². The fourth-order valence-corrected chi connectivity index (χ4v) is 8.14. The number of amidine groups is 1. The van der Waals surface area contributed by atoms with E-state index in [1.165, 1.54) is 11.1 Å². The van der Waals surface area contributed by atoms with Crippen LogP contribution in [0.1, 0.15) is 94.3 Å². The topological polar surface area (TPSA) is 87.1 Å². The molecular weight excluding hydrogens is 729 g/mol. The highest BCUT2D eigenvalue weighted by Crippen LogP contribution is 2.54. The van der Waals surface area contributed by atoms with E-state index < -0.39 is 11.1 Å². The van der Waals surface area contributed by atoms with Gasteiger partial charge in [-0.25, -0.2) is 4.79 Å².